The van der Waals surface area contributed by atoms with E-state index < -0.39 is 0 Å². The third-order valence-corrected chi connectivity index (χ3v) is 1.64. The Hall–Kier alpha value is -1.32. The number of nitrogen functional groups attached to an aromatic ring is 1. The average molecular weight is 182 g/mol. The maximum absolute atomic E-state index is 5.44. The molecular weight excluding hydrogens is 164 g/mol. The van der Waals surface area contributed by atoms with Crippen molar-refractivity contribution in [3.63, 3.8) is 0 Å². The summed E-state index contributed by atoms with van der Waals surface area (Å²) in [6.07, 6.45) is 0. The Balaban J connectivity index is 0.000000671. The number of hydrogen-bond donors (Lipinski definition) is 2. The fraction of sp³-hybridized carbons (Fsp3) is 0.556. The van der Waals surface area contributed by atoms with E-state index in [9.17, 15) is 0 Å². The Morgan fingerprint density at radius 2 is 1.69 bits per heavy atom. The Morgan fingerprint density at radius 3 is 2.15 bits per heavy atom. The summed E-state index contributed by atoms with van der Waals surface area (Å²) in [6.45, 7) is 7.87. The topological polar surface area (TPSA) is 63.8 Å². The molecule has 0 aliphatic carbocycles. The molecule has 1 heterocycles. The Morgan fingerprint density at radius 1 is 1.15 bits per heavy atom. The predicted octanol–water partition coefficient (Wildman–Crippen LogP) is 1.74. The molecule has 0 unspecified atom stereocenters. The second-order valence-electron chi connectivity index (χ2n) is 2.39. The molecule has 13 heavy (non-hydrogen) atoms. The van der Waals surface area contributed by atoms with Gasteiger partial charge in [-0.05, 0) is 13.8 Å². The van der Waals surface area contributed by atoms with Gasteiger partial charge in [0.05, 0.1) is 0 Å². The summed E-state index contributed by atoms with van der Waals surface area (Å²) in [5.74, 6) is 1.12. The van der Waals surface area contributed by atoms with Gasteiger partial charge >= 0.3 is 0 Å². The van der Waals surface area contributed by atoms with Crippen molar-refractivity contribution in [1.29, 1.82) is 0 Å². The molecule has 4 nitrogen and oxygen atoms in total. The summed E-state index contributed by atoms with van der Waals surface area (Å²) in [4.78, 5) is 8.02. The first-order valence-electron chi connectivity index (χ1n) is 4.43. The molecule has 0 spiro atoms. The largest absolute Gasteiger partial charge is 0.373 e. The van der Waals surface area contributed by atoms with Crippen LogP contribution in [0.1, 0.15) is 25.1 Å². The maximum Gasteiger partial charge on any atom is 0.222 e. The van der Waals surface area contributed by atoms with Gasteiger partial charge in [-0.3, -0.25) is 0 Å². The zero-order valence-electron chi connectivity index (χ0n) is 8.97. The SMILES string of the molecule is CC.CNc1nc(N)nc(C)c1C. The number of aryl methyl sites for hydroxylation is 1. The second kappa shape index (κ2) is 5.35. The molecule has 0 aliphatic heterocycles. The molecule has 0 bridgehead atoms. The smallest absolute Gasteiger partial charge is 0.222 e. The first kappa shape index (κ1) is 11.7. The summed E-state index contributed by atoms with van der Waals surface area (Å²) >= 11 is 0. The van der Waals surface area contributed by atoms with E-state index in [-0.39, 0.29) is 0 Å². The van der Waals surface area contributed by atoms with E-state index in [2.05, 4.69) is 15.3 Å². The lowest BCUT2D eigenvalue weighted by Crippen LogP contribution is -2.04. The molecule has 0 aromatic carbocycles. The van der Waals surface area contributed by atoms with Gasteiger partial charge in [-0.2, -0.15) is 4.98 Å². The van der Waals surface area contributed by atoms with Crippen LogP contribution in [0.5, 0.6) is 0 Å². The minimum absolute atomic E-state index is 0.317. The summed E-state index contributed by atoms with van der Waals surface area (Å²) in [5.41, 5.74) is 7.40. The molecule has 0 aliphatic rings. The van der Waals surface area contributed by atoms with Crippen molar-refractivity contribution in [2.24, 2.45) is 0 Å². The highest BCUT2D eigenvalue weighted by molar-refractivity contribution is 5.47. The first-order valence-corrected chi connectivity index (χ1v) is 4.43. The molecule has 4 heteroatoms. The number of nitrogens with two attached hydrogens (primary N) is 1. The van der Waals surface area contributed by atoms with Gasteiger partial charge in [0.1, 0.15) is 5.82 Å². The number of aromatic nitrogens is 2. The summed E-state index contributed by atoms with van der Waals surface area (Å²) in [7, 11) is 1.81. The zero-order chi connectivity index (χ0) is 10.4. The molecule has 1 rings (SSSR count). The van der Waals surface area contributed by atoms with Crippen LogP contribution in [-0.2, 0) is 0 Å². The first-order chi connectivity index (χ1) is 6.15. The van der Waals surface area contributed by atoms with Gasteiger partial charge < -0.3 is 11.1 Å². The van der Waals surface area contributed by atoms with Crippen LogP contribution in [0.3, 0.4) is 0 Å². The highest BCUT2D eigenvalue weighted by Gasteiger charge is 2.02. The van der Waals surface area contributed by atoms with Crippen LogP contribution in [0, 0.1) is 13.8 Å². The normalized spacial score (nSPS) is 8.69. The molecule has 0 amide bonds. The number of nitrogens with zero attached hydrogens (tertiary/aromatic N) is 2. The van der Waals surface area contributed by atoms with Gasteiger partial charge in [0.25, 0.3) is 0 Å². The highest BCUT2D eigenvalue weighted by atomic mass is 15.1. The van der Waals surface area contributed by atoms with Crippen molar-refractivity contribution in [2.75, 3.05) is 18.1 Å². The Labute approximate surface area is 79.6 Å². The molecule has 0 radical (unpaired) electrons. The van der Waals surface area contributed by atoms with Gasteiger partial charge in [-0.25, -0.2) is 4.98 Å². The van der Waals surface area contributed by atoms with Crippen molar-refractivity contribution in [1.82, 2.24) is 9.97 Å². The van der Waals surface area contributed by atoms with Crippen LogP contribution in [0.15, 0.2) is 0 Å². The van der Waals surface area contributed by atoms with Crippen molar-refractivity contribution in [3.8, 4) is 0 Å². The zero-order valence-corrected chi connectivity index (χ0v) is 8.97. The Kier molecular flexibility index (Phi) is 4.80. The van der Waals surface area contributed by atoms with Crippen LogP contribution in [0.25, 0.3) is 0 Å². The molecular formula is C9H18N4. The minimum atomic E-state index is 0.317. The monoisotopic (exact) mass is 182 g/mol. The molecule has 0 fully saturated rings. The Bertz CT molecular complexity index is 271. The van der Waals surface area contributed by atoms with Crippen molar-refractivity contribution in [2.45, 2.75) is 27.7 Å². The molecule has 0 saturated carbocycles. The fourth-order valence-electron chi connectivity index (χ4n) is 0.894. The van der Waals surface area contributed by atoms with Gasteiger partial charge in [0.15, 0.2) is 0 Å². The average Bonchev–Trinajstić information content (AvgIpc) is 2.14. The highest BCUT2D eigenvalue weighted by Crippen LogP contribution is 2.13. The van der Waals surface area contributed by atoms with Crippen LogP contribution >= 0.6 is 0 Å². The summed E-state index contributed by atoms with van der Waals surface area (Å²) in [5, 5.41) is 2.95. The van der Waals surface area contributed by atoms with Crippen molar-refractivity contribution < 1.29 is 0 Å². The fourth-order valence-corrected chi connectivity index (χ4v) is 0.894. The van der Waals surface area contributed by atoms with E-state index in [4.69, 9.17) is 5.73 Å². The third-order valence-electron chi connectivity index (χ3n) is 1.64. The number of rotatable bonds is 1. The molecule has 1 aromatic heterocycles. The van der Waals surface area contributed by atoms with Crippen LogP contribution in [0.4, 0.5) is 11.8 Å². The van der Waals surface area contributed by atoms with E-state index >= 15 is 0 Å². The lowest BCUT2D eigenvalue weighted by molar-refractivity contribution is 1.07. The van der Waals surface area contributed by atoms with Gasteiger partial charge in [0, 0.05) is 18.3 Å². The van der Waals surface area contributed by atoms with Crippen LogP contribution < -0.4 is 11.1 Å². The van der Waals surface area contributed by atoms with E-state index in [0.29, 0.717) is 5.95 Å². The lowest BCUT2D eigenvalue weighted by Gasteiger charge is -2.06. The number of nitrogens with one attached hydrogen (secondary N) is 1. The molecule has 1 aromatic rings. The van der Waals surface area contributed by atoms with Crippen molar-refractivity contribution in [3.05, 3.63) is 11.3 Å². The predicted molar refractivity (Wildman–Crippen MR) is 56.8 cm³/mol. The third kappa shape index (κ3) is 2.89. The van der Waals surface area contributed by atoms with E-state index in [1.54, 1.807) is 0 Å². The van der Waals surface area contributed by atoms with Gasteiger partial charge in [0.2, 0.25) is 5.95 Å². The summed E-state index contributed by atoms with van der Waals surface area (Å²) in [6, 6.07) is 0. The quantitative estimate of drug-likeness (QED) is 0.694. The number of anilines is 2. The van der Waals surface area contributed by atoms with Gasteiger partial charge in [-0.15, -0.1) is 0 Å². The summed E-state index contributed by atoms with van der Waals surface area (Å²) < 4.78 is 0. The molecule has 74 valence electrons. The standard InChI is InChI=1S/C7H12N4.C2H6/c1-4-5(2)10-7(8)11-6(4)9-3;1-2/h1-3H3,(H3,8,9,10,11);1-2H3. The van der Waals surface area contributed by atoms with Crippen molar-refractivity contribution >= 4 is 11.8 Å². The molecule has 3 N–H and O–H groups in total. The van der Waals surface area contributed by atoms with Gasteiger partial charge in [-0.1, -0.05) is 13.8 Å². The minimum Gasteiger partial charge on any atom is -0.373 e. The van der Waals surface area contributed by atoms with E-state index in [0.717, 1.165) is 17.1 Å². The van der Waals surface area contributed by atoms with Crippen LogP contribution in [-0.4, -0.2) is 17.0 Å². The molecule has 0 saturated heterocycles. The second-order valence-corrected chi connectivity index (χ2v) is 2.39. The van der Waals surface area contributed by atoms with Crippen LogP contribution in [0.2, 0.25) is 0 Å². The van der Waals surface area contributed by atoms with E-state index in [1.165, 1.54) is 0 Å². The number of hydrogen-bond acceptors (Lipinski definition) is 4. The van der Waals surface area contributed by atoms with E-state index in [1.807, 2.05) is 34.7 Å². The maximum atomic E-state index is 5.44. The lowest BCUT2D eigenvalue weighted by atomic mass is 10.2. The molecule has 0 atom stereocenters.